The summed E-state index contributed by atoms with van der Waals surface area (Å²) in [5.74, 6) is -0.945. The van der Waals surface area contributed by atoms with E-state index in [4.69, 9.17) is 9.47 Å². The summed E-state index contributed by atoms with van der Waals surface area (Å²) in [4.78, 5) is 9.72. The Hall–Kier alpha value is -4.88. The number of allylic oxidation sites excluding steroid dienone is 6. The minimum absolute atomic E-state index is 0.0457. The van der Waals surface area contributed by atoms with Gasteiger partial charge in [0.25, 0.3) is 0 Å². The van der Waals surface area contributed by atoms with Gasteiger partial charge in [0.15, 0.2) is 5.71 Å². The maximum absolute atomic E-state index is 12.6. The van der Waals surface area contributed by atoms with Gasteiger partial charge in [0.05, 0.1) is 25.0 Å². The zero-order valence-corrected chi connectivity index (χ0v) is 40.4. The number of aliphatic carboxylic acids is 1. The van der Waals surface area contributed by atoms with Crippen molar-refractivity contribution in [3.8, 4) is 0 Å². The Morgan fingerprint density at radius 2 is 1.22 bits per heavy atom. The van der Waals surface area contributed by atoms with Gasteiger partial charge < -0.3 is 37.7 Å². The van der Waals surface area contributed by atoms with Crippen LogP contribution in [0.3, 0.4) is 0 Å². The Kier molecular flexibility index (Phi) is 14.8. The van der Waals surface area contributed by atoms with E-state index in [1.165, 1.54) is 26.4 Å². The third kappa shape index (κ3) is 10.1. The molecule has 2 heterocycles. The van der Waals surface area contributed by atoms with Crippen molar-refractivity contribution in [3.63, 3.8) is 0 Å². The van der Waals surface area contributed by atoms with E-state index < -0.39 is 76.9 Å². The first-order chi connectivity index (χ1) is 31.2. The normalized spacial score (nSPS) is 19.8. The molecule has 2 atom stereocenters. The average Bonchev–Trinajstić information content (AvgIpc) is 3.63. The summed E-state index contributed by atoms with van der Waals surface area (Å²) >= 11 is 0. The van der Waals surface area contributed by atoms with Crippen LogP contribution in [0.5, 0.6) is 0 Å². The first-order valence-corrected chi connectivity index (χ1v) is 26.6. The Balaban J connectivity index is 1.52. The number of nitrogens with zero attached hydrogens (tertiary/aromatic N) is 2. The van der Waals surface area contributed by atoms with Crippen LogP contribution in [0.15, 0.2) is 104 Å². The van der Waals surface area contributed by atoms with Crippen molar-refractivity contribution in [2.75, 3.05) is 45.4 Å². The van der Waals surface area contributed by atoms with Crippen molar-refractivity contribution < 1.29 is 75.8 Å². The fraction of sp³-hybridized carbons (Fsp3) is 0.378. The average molecular weight is 1000 g/mol. The molecule has 0 aromatic heterocycles. The highest BCUT2D eigenvalue weighted by Crippen LogP contribution is 2.54. The molecule has 0 spiro atoms. The molecular formula is C45H49N2O16S4-3. The minimum atomic E-state index is -5.29. The zero-order valence-electron chi connectivity index (χ0n) is 37.2. The van der Waals surface area contributed by atoms with Crippen molar-refractivity contribution >= 4 is 85.1 Å². The summed E-state index contributed by atoms with van der Waals surface area (Å²) in [7, 11) is -18.0. The third-order valence-electron chi connectivity index (χ3n) is 12.5. The lowest BCUT2D eigenvalue weighted by Gasteiger charge is -2.30. The summed E-state index contributed by atoms with van der Waals surface area (Å²) in [6.07, 6.45) is 10.8. The van der Waals surface area contributed by atoms with Gasteiger partial charge in [0.2, 0.25) is 5.69 Å². The molecule has 362 valence electrons. The Morgan fingerprint density at radius 1 is 0.687 bits per heavy atom. The summed E-state index contributed by atoms with van der Waals surface area (Å²) < 4.78 is 162. The lowest BCUT2D eigenvalue weighted by atomic mass is 9.75. The van der Waals surface area contributed by atoms with Crippen molar-refractivity contribution in [3.05, 3.63) is 95.7 Å². The molecule has 0 fully saturated rings. The topological polar surface area (TPSA) is 291 Å². The molecule has 0 aliphatic carbocycles. The molecule has 2 aliphatic heterocycles. The molecule has 18 nitrogen and oxygen atoms in total. The number of ether oxygens (including phenoxy) is 2. The number of unbranched alkanes of at least 4 members (excludes halogenated alkanes) is 2. The molecule has 0 saturated heterocycles. The first kappa shape index (κ1) is 51.5. The van der Waals surface area contributed by atoms with Gasteiger partial charge >= 0.3 is 5.97 Å². The molecule has 4 aromatic rings. The molecule has 1 N–H and O–H groups in total. The smallest absolute Gasteiger partial charge is 0.303 e. The number of methoxy groups -OCH3 is 2. The van der Waals surface area contributed by atoms with E-state index in [-0.39, 0.29) is 47.6 Å². The summed E-state index contributed by atoms with van der Waals surface area (Å²) in [5, 5.41) is 9.25. The lowest BCUT2D eigenvalue weighted by Crippen LogP contribution is -2.33. The van der Waals surface area contributed by atoms with Gasteiger partial charge in [-0.15, -0.1) is 0 Å². The predicted molar refractivity (Wildman–Crippen MR) is 243 cm³/mol. The Labute approximate surface area is 389 Å². The number of likely N-dealkylation sites (N-methyl/N-ethyl adjacent to an activating group) is 1. The van der Waals surface area contributed by atoms with Crippen LogP contribution in [-0.2, 0) is 65.6 Å². The number of benzene rings is 4. The monoisotopic (exact) mass is 1000 g/mol. The van der Waals surface area contributed by atoms with Crippen molar-refractivity contribution in [2.45, 2.75) is 89.7 Å². The number of carboxylic acid groups (broad SMARTS) is 1. The number of hydrogen-bond donors (Lipinski definition) is 1. The summed E-state index contributed by atoms with van der Waals surface area (Å²) in [5.41, 5.74) is 1.31. The van der Waals surface area contributed by atoms with E-state index >= 15 is 0 Å². The molecule has 67 heavy (non-hydrogen) atoms. The number of anilines is 1. The zero-order chi connectivity index (χ0) is 49.5. The summed E-state index contributed by atoms with van der Waals surface area (Å²) in [6.45, 7) is 6.66. The van der Waals surface area contributed by atoms with Crippen molar-refractivity contribution in [2.24, 2.45) is 0 Å². The second-order valence-corrected chi connectivity index (χ2v) is 22.2. The van der Waals surface area contributed by atoms with Crippen LogP contribution in [0, 0.1) is 0 Å². The first-order valence-electron chi connectivity index (χ1n) is 21.0. The molecule has 2 aliphatic rings. The van der Waals surface area contributed by atoms with Gasteiger partial charge in [-0.1, -0.05) is 24.3 Å². The number of carbonyl (C=O) groups is 1. The SMILES string of the molecule is CCN1C(=CC=CC=CC2=[N+](CCCCCC(=O)O)c3ccc4c(S(=O)(=O)[O-])cc(S(=O)(=O)[O-])cc4c3C2(C)CCOC)C(C)(CCOC)c2c1ccc1c(S(=O)(=O)[O-])cc(S(=O)(=O)[O-])cc21. The van der Waals surface area contributed by atoms with Crippen LogP contribution >= 0.6 is 0 Å². The van der Waals surface area contributed by atoms with Gasteiger partial charge in [-0.05, 0) is 111 Å². The van der Waals surface area contributed by atoms with Crippen LogP contribution < -0.4 is 4.90 Å². The van der Waals surface area contributed by atoms with Gasteiger partial charge in [0, 0.05) is 86.7 Å². The molecule has 0 saturated carbocycles. The van der Waals surface area contributed by atoms with Crippen LogP contribution in [0.2, 0.25) is 0 Å². The highest BCUT2D eigenvalue weighted by Gasteiger charge is 2.49. The predicted octanol–water partition coefficient (Wildman–Crippen LogP) is 5.48. The maximum atomic E-state index is 12.6. The van der Waals surface area contributed by atoms with Gasteiger partial charge in [-0.2, -0.15) is 4.58 Å². The molecular weight excluding hydrogens is 953 g/mol. The van der Waals surface area contributed by atoms with E-state index in [2.05, 4.69) is 0 Å². The second kappa shape index (κ2) is 19.3. The van der Waals surface area contributed by atoms with Crippen LogP contribution in [0.4, 0.5) is 11.4 Å². The lowest BCUT2D eigenvalue weighted by molar-refractivity contribution is -0.438. The van der Waals surface area contributed by atoms with Gasteiger partial charge in [-0.25, -0.2) is 33.7 Å². The van der Waals surface area contributed by atoms with Crippen LogP contribution in [0.1, 0.15) is 70.4 Å². The number of carboxylic acids is 1. The highest BCUT2D eigenvalue weighted by molar-refractivity contribution is 7.87. The van der Waals surface area contributed by atoms with Crippen molar-refractivity contribution in [1.82, 2.24) is 0 Å². The molecule has 6 rings (SSSR count). The van der Waals surface area contributed by atoms with E-state index in [0.29, 0.717) is 84.8 Å². The standard InChI is InChI=1S/C45H52N2O16S4/c1-6-46-35-18-16-31-33(25-29(64(50,51)52)27-37(31)66(56,57)58)42(35)44(2,20-23-62-4)39(46)13-9-7-10-14-40-45(3,21-24-63-5)43-34-26-30(65(53,54)55)28-38(67(59,60)61)32(34)17-19-36(43)47(40)22-12-8-11-15-41(48)49/h7,9-10,13-14,16-19,25-28H,6,8,11-12,15,20-24H2,1-5H3,(H4-,48,49,50,51,52,53,54,55,56,57,58,59,60,61)/p-3. The van der Waals surface area contributed by atoms with E-state index in [1.807, 2.05) is 42.4 Å². The fourth-order valence-corrected chi connectivity index (χ4v) is 12.1. The number of rotatable bonds is 20. The van der Waals surface area contributed by atoms with E-state index in [0.717, 1.165) is 12.1 Å². The third-order valence-corrected chi connectivity index (χ3v) is 15.9. The largest absolute Gasteiger partial charge is 0.744 e. The fourth-order valence-electron chi connectivity index (χ4n) is 9.48. The van der Waals surface area contributed by atoms with Crippen molar-refractivity contribution in [1.29, 1.82) is 0 Å². The van der Waals surface area contributed by atoms with Gasteiger partial charge in [-0.3, -0.25) is 4.79 Å². The summed E-state index contributed by atoms with van der Waals surface area (Å²) in [6, 6.07) is 9.35. The van der Waals surface area contributed by atoms with E-state index in [9.17, 15) is 61.8 Å². The van der Waals surface area contributed by atoms with Crippen LogP contribution in [0.25, 0.3) is 21.5 Å². The second-order valence-electron chi connectivity index (χ2n) is 16.7. The maximum Gasteiger partial charge on any atom is 0.303 e. The molecule has 0 bridgehead atoms. The van der Waals surface area contributed by atoms with Crippen LogP contribution in [-0.4, -0.2) is 114 Å². The Bertz CT molecular complexity index is 3250. The van der Waals surface area contributed by atoms with E-state index in [1.54, 1.807) is 30.4 Å². The van der Waals surface area contributed by atoms with Gasteiger partial charge in [0.1, 0.15) is 47.0 Å². The number of fused-ring (bicyclic) bond motifs is 6. The Morgan fingerprint density at radius 3 is 1.73 bits per heavy atom. The minimum Gasteiger partial charge on any atom is -0.744 e. The molecule has 4 aromatic carbocycles. The number of hydrogen-bond acceptors (Lipinski definition) is 16. The molecule has 0 amide bonds. The highest BCUT2D eigenvalue weighted by atomic mass is 32.2. The molecule has 2 unspecified atom stereocenters. The molecule has 0 radical (unpaired) electrons. The quantitative estimate of drug-likeness (QED) is 0.0496. The molecule has 22 heteroatoms.